The molecule has 0 radical (unpaired) electrons. The normalized spacial score (nSPS) is 11.3. The summed E-state index contributed by atoms with van der Waals surface area (Å²) in [5, 5.41) is 2.80. The molecule has 1 unspecified atom stereocenters. The third-order valence-corrected chi connectivity index (χ3v) is 3.25. The summed E-state index contributed by atoms with van der Waals surface area (Å²) in [4.78, 5) is 12.0. The first-order valence-corrected chi connectivity index (χ1v) is 7.74. The Labute approximate surface area is 116 Å². The molecule has 0 aliphatic rings. The van der Waals surface area contributed by atoms with E-state index in [-0.39, 0.29) is 12.5 Å². The lowest BCUT2D eigenvalue weighted by molar-refractivity contribution is 0.0953. The van der Waals surface area contributed by atoms with Crippen LogP contribution in [-0.4, -0.2) is 35.2 Å². The summed E-state index contributed by atoms with van der Waals surface area (Å²) in [7, 11) is -0.821. The second-order valence-corrected chi connectivity index (χ2v) is 5.49. The van der Waals surface area contributed by atoms with E-state index < -0.39 is 10.8 Å². The zero-order chi connectivity index (χ0) is 14.1. The number of nitrogens with one attached hydrogen (secondary N) is 1. The highest BCUT2D eigenvalue weighted by Crippen LogP contribution is 2.07. The zero-order valence-electron chi connectivity index (χ0n) is 10.9. The summed E-state index contributed by atoms with van der Waals surface area (Å²) in [5.74, 6) is 6.05. The number of hydrogen-bond acceptors (Lipinski definition) is 3. The monoisotopic (exact) mass is 278 g/mol. The molecule has 1 rings (SSSR count). The molecule has 1 atom stereocenters. The molecule has 1 aromatic rings. The predicted octanol–water partition coefficient (Wildman–Crippen LogP) is 0.495. The molecular weight excluding hydrogens is 260 g/mol. The molecule has 3 N–H and O–H groups in total. The number of carbonyl (C=O) groups is 1. The molecule has 1 aromatic carbocycles. The number of hydrogen-bond donors (Lipinski definition) is 2. The highest BCUT2D eigenvalue weighted by molar-refractivity contribution is 7.84. The van der Waals surface area contributed by atoms with Crippen molar-refractivity contribution in [2.45, 2.75) is 6.42 Å². The second-order valence-electron chi connectivity index (χ2n) is 3.94. The molecule has 19 heavy (non-hydrogen) atoms. The molecule has 4 nitrogen and oxygen atoms in total. The second kappa shape index (κ2) is 8.46. The maximum atomic E-state index is 12.0. The summed E-state index contributed by atoms with van der Waals surface area (Å²) < 4.78 is 10.9. The Kier molecular flexibility index (Phi) is 6.86. The third kappa shape index (κ3) is 5.69. The molecule has 0 spiro atoms. The minimum atomic E-state index is -0.821. The van der Waals surface area contributed by atoms with Gasteiger partial charge in [-0.25, -0.2) is 0 Å². The van der Waals surface area contributed by atoms with Gasteiger partial charge in [-0.2, -0.15) is 0 Å². The average molecular weight is 278 g/mol. The molecular formula is C14H18N2O2S. The summed E-state index contributed by atoms with van der Waals surface area (Å²) in [6.07, 6.45) is 2.35. The zero-order valence-corrected chi connectivity index (χ0v) is 11.8. The summed E-state index contributed by atoms with van der Waals surface area (Å²) in [6.45, 7) is 0.773. The fourth-order valence-electron chi connectivity index (χ4n) is 1.51. The molecule has 0 aliphatic heterocycles. The van der Waals surface area contributed by atoms with Crippen LogP contribution in [0.4, 0.5) is 0 Å². The minimum Gasteiger partial charge on any atom is -0.352 e. The van der Waals surface area contributed by atoms with Crippen LogP contribution in [0.1, 0.15) is 22.3 Å². The largest absolute Gasteiger partial charge is 0.352 e. The van der Waals surface area contributed by atoms with Crippen LogP contribution in [0.25, 0.3) is 0 Å². The van der Waals surface area contributed by atoms with Gasteiger partial charge in [0.05, 0.1) is 12.1 Å². The van der Waals surface area contributed by atoms with E-state index >= 15 is 0 Å². The Balaban J connectivity index is 2.63. The van der Waals surface area contributed by atoms with Crippen molar-refractivity contribution in [3.8, 4) is 11.8 Å². The smallest absolute Gasteiger partial charge is 0.252 e. The SMILES string of the molecule is CS(=O)CCCNC(=O)c1ccccc1C#CCN. The molecule has 102 valence electrons. The standard InChI is InChI=1S/C14H18N2O2S/c1-19(18)11-5-10-16-14(17)13-8-3-2-6-12(13)7-4-9-15/h2-3,6,8H,5,9-11,15H2,1H3,(H,16,17). The van der Waals surface area contributed by atoms with Gasteiger partial charge in [0.1, 0.15) is 0 Å². The molecule has 0 aromatic heterocycles. The lowest BCUT2D eigenvalue weighted by atomic mass is 10.1. The first kappa shape index (κ1) is 15.4. The van der Waals surface area contributed by atoms with Gasteiger partial charge in [0.15, 0.2) is 0 Å². The lowest BCUT2D eigenvalue weighted by Crippen LogP contribution is -2.26. The first-order chi connectivity index (χ1) is 9.15. The van der Waals surface area contributed by atoms with E-state index in [9.17, 15) is 9.00 Å². The molecule has 1 amide bonds. The number of carbonyl (C=O) groups excluding carboxylic acids is 1. The van der Waals surface area contributed by atoms with Crippen molar-refractivity contribution in [3.05, 3.63) is 35.4 Å². The molecule has 0 heterocycles. The van der Waals surface area contributed by atoms with E-state index in [2.05, 4.69) is 17.2 Å². The van der Waals surface area contributed by atoms with E-state index in [1.54, 1.807) is 24.5 Å². The van der Waals surface area contributed by atoms with E-state index in [0.29, 0.717) is 29.8 Å². The van der Waals surface area contributed by atoms with Crippen LogP contribution in [0.5, 0.6) is 0 Å². The highest BCUT2D eigenvalue weighted by atomic mass is 32.2. The van der Waals surface area contributed by atoms with Crippen LogP contribution in [0, 0.1) is 11.8 Å². The Morgan fingerprint density at radius 1 is 1.42 bits per heavy atom. The van der Waals surface area contributed by atoms with Crippen LogP contribution in [0.2, 0.25) is 0 Å². The van der Waals surface area contributed by atoms with Gasteiger partial charge in [0.25, 0.3) is 5.91 Å². The Morgan fingerprint density at radius 3 is 2.84 bits per heavy atom. The van der Waals surface area contributed by atoms with Crippen LogP contribution in [-0.2, 0) is 10.8 Å². The van der Waals surface area contributed by atoms with E-state index in [1.165, 1.54) is 0 Å². The van der Waals surface area contributed by atoms with Crippen molar-refractivity contribution in [2.75, 3.05) is 25.1 Å². The van der Waals surface area contributed by atoms with Crippen molar-refractivity contribution in [1.29, 1.82) is 0 Å². The predicted molar refractivity (Wildman–Crippen MR) is 78.3 cm³/mol. The maximum absolute atomic E-state index is 12.0. The molecule has 0 saturated carbocycles. The minimum absolute atomic E-state index is 0.163. The van der Waals surface area contributed by atoms with E-state index in [4.69, 9.17) is 5.73 Å². The maximum Gasteiger partial charge on any atom is 0.252 e. The van der Waals surface area contributed by atoms with Crippen molar-refractivity contribution < 1.29 is 9.00 Å². The van der Waals surface area contributed by atoms with Gasteiger partial charge in [-0.1, -0.05) is 24.0 Å². The fourth-order valence-corrected chi connectivity index (χ4v) is 2.06. The van der Waals surface area contributed by atoms with E-state index in [1.807, 2.05) is 6.07 Å². The van der Waals surface area contributed by atoms with Crippen LogP contribution >= 0.6 is 0 Å². The highest BCUT2D eigenvalue weighted by Gasteiger charge is 2.08. The third-order valence-electron chi connectivity index (χ3n) is 2.39. The van der Waals surface area contributed by atoms with Crippen molar-refractivity contribution in [3.63, 3.8) is 0 Å². The molecule has 0 bridgehead atoms. The Morgan fingerprint density at radius 2 is 2.16 bits per heavy atom. The van der Waals surface area contributed by atoms with E-state index in [0.717, 1.165) is 0 Å². The van der Waals surface area contributed by atoms with Crippen molar-refractivity contribution >= 4 is 16.7 Å². The average Bonchev–Trinajstić information content (AvgIpc) is 2.41. The first-order valence-electron chi connectivity index (χ1n) is 6.01. The quantitative estimate of drug-likeness (QED) is 0.608. The molecule has 0 aliphatic carbocycles. The number of benzene rings is 1. The van der Waals surface area contributed by atoms with Gasteiger partial charge in [-0.05, 0) is 18.6 Å². The summed E-state index contributed by atoms with van der Waals surface area (Å²) in [6, 6.07) is 7.15. The number of nitrogens with two attached hydrogens (primary N) is 1. The summed E-state index contributed by atoms with van der Waals surface area (Å²) in [5.41, 5.74) is 6.54. The molecule has 5 heteroatoms. The Hall–Kier alpha value is -1.64. The van der Waals surface area contributed by atoms with Gasteiger partial charge in [-0.3, -0.25) is 9.00 Å². The van der Waals surface area contributed by atoms with Gasteiger partial charge in [0.2, 0.25) is 0 Å². The lowest BCUT2D eigenvalue weighted by Gasteiger charge is -2.06. The van der Waals surface area contributed by atoms with Crippen LogP contribution < -0.4 is 11.1 Å². The van der Waals surface area contributed by atoms with Gasteiger partial charge in [-0.15, -0.1) is 0 Å². The van der Waals surface area contributed by atoms with Gasteiger partial charge < -0.3 is 11.1 Å². The van der Waals surface area contributed by atoms with Gasteiger partial charge >= 0.3 is 0 Å². The van der Waals surface area contributed by atoms with Crippen molar-refractivity contribution in [2.24, 2.45) is 5.73 Å². The number of rotatable bonds is 5. The Bertz CT molecular complexity index is 518. The van der Waals surface area contributed by atoms with Crippen LogP contribution in [0.15, 0.2) is 24.3 Å². The molecule has 0 fully saturated rings. The van der Waals surface area contributed by atoms with Crippen LogP contribution in [0.3, 0.4) is 0 Å². The molecule has 0 saturated heterocycles. The fraction of sp³-hybridized carbons (Fsp3) is 0.357. The summed E-state index contributed by atoms with van der Waals surface area (Å²) >= 11 is 0. The van der Waals surface area contributed by atoms with Crippen molar-refractivity contribution in [1.82, 2.24) is 5.32 Å². The van der Waals surface area contributed by atoms with Gasteiger partial charge in [0, 0.05) is 34.9 Å². The number of amides is 1. The topological polar surface area (TPSA) is 72.2 Å².